The predicted octanol–water partition coefficient (Wildman–Crippen LogP) is 2.08. The van der Waals surface area contributed by atoms with E-state index in [1.54, 1.807) is 11.8 Å². The largest absolute Gasteiger partial charge is 0.342 e. The third-order valence-corrected chi connectivity index (χ3v) is 4.44. The van der Waals surface area contributed by atoms with Crippen LogP contribution in [0.5, 0.6) is 0 Å². The average molecular weight is 323 g/mol. The smallest absolute Gasteiger partial charge is 0.250 e. The third-order valence-electron chi connectivity index (χ3n) is 3.77. The van der Waals surface area contributed by atoms with Crippen molar-refractivity contribution in [2.75, 3.05) is 4.90 Å². The van der Waals surface area contributed by atoms with Crippen LogP contribution in [0.1, 0.15) is 19.8 Å². The molecule has 1 N–H and O–H groups in total. The minimum absolute atomic E-state index is 0.00139. The van der Waals surface area contributed by atoms with Crippen LogP contribution in [0.2, 0.25) is 0 Å². The molecule has 2 fully saturated rings. The number of halogens is 1. The Kier molecular flexibility index (Phi) is 3.09. The molecule has 2 unspecified atom stereocenters. The summed E-state index contributed by atoms with van der Waals surface area (Å²) in [6.45, 7) is 1.76. The highest BCUT2D eigenvalue weighted by Gasteiger charge is 2.46. The van der Waals surface area contributed by atoms with E-state index in [1.807, 2.05) is 24.3 Å². The van der Waals surface area contributed by atoms with Crippen LogP contribution >= 0.6 is 15.9 Å². The quantitative estimate of drug-likeness (QED) is 0.906. The maximum Gasteiger partial charge on any atom is 0.250 e. The second-order valence-electron chi connectivity index (χ2n) is 5.16. The number of nitrogens with one attached hydrogen (secondary N) is 1. The van der Waals surface area contributed by atoms with Gasteiger partial charge in [0.05, 0.1) is 5.69 Å². The Labute approximate surface area is 120 Å². The van der Waals surface area contributed by atoms with Crippen LogP contribution < -0.4 is 10.2 Å². The van der Waals surface area contributed by atoms with Crippen molar-refractivity contribution in [2.45, 2.75) is 31.8 Å². The molecule has 1 aromatic carbocycles. The molecule has 1 saturated carbocycles. The second kappa shape index (κ2) is 4.63. The van der Waals surface area contributed by atoms with E-state index >= 15 is 0 Å². The lowest BCUT2D eigenvalue weighted by atomic mass is 10.0. The van der Waals surface area contributed by atoms with Gasteiger partial charge >= 0.3 is 0 Å². The molecule has 19 heavy (non-hydrogen) atoms. The number of carbonyl (C=O) groups is 2. The zero-order valence-corrected chi connectivity index (χ0v) is 12.2. The Morgan fingerprint density at radius 3 is 2.58 bits per heavy atom. The minimum Gasteiger partial charge on any atom is -0.342 e. The molecule has 0 spiro atoms. The highest BCUT2D eigenvalue weighted by atomic mass is 79.9. The standard InChI is InChI=1S/C14H15BrN2O2/c1-8-13(18)16-12(9-6-7-9)14(19)17(8)11-5-3-2-4-10(11)15/h2-5,8-9,12H,6-7H2,1H3,(H,16,18). The third kappa shape index (κ3) is 2.16. The molecule has 5 heteroatoms. The normalized spacial score (nSPS) is 27.4. The van der Waals surface area contributed by atoms with Crippen LogP contribution in [-0.2, 0) is 9.59 Å². The number of nitrogens with zero attached hydrogens (tertiary/aromatic N) is 1. The number of hydrogen-bond donors (Lipinski definition) is 1. The number of rotatable bonds is 2. The van der Waals surface area contributed by atoms with Crippen LogP contribution in [0.25, 0.3) is 0 Å². The molecule has 3 rings (SSSR count). The monoisotopic (exact) mass is 322 g/mol. The number of amides is 2. The van der Waals surface area contributed by atoms with E-state index in [-0.39, 0.29) is 17.9 Å². The molecule has 0 aromatic heterocycles. The summed E-state index contributed by atoms with van der Waals surface area (Å²) in [6, 6.07) is 6.69. The summed E-state index contributed by atoms with van der Waals surface area (Å²) in [5, 5.41) is 2.85. The topological polar surface area (TPSA) is 49.4 Å². The van der Waals surface area contributed by atoms with E-state index < -0.39 is 6.04 Å². The first kappa shape index (κ1) is 12.7. The number of benzene rings is 1. The lowest BCUT2D eigenvalue weighted by Gasteiger charge is -2.37. The number of para-hydroxylation sites is 1. The van der Waals surface area contributed by atoms with Crippen LogP contribution in [0, 0.1) is 5.92 Å². The van der Waals surface area contributed by atoms with Gasteiger partial charge in [-0.2, -0.15) is 0 Å². The molecule has 2 amide bonds. The molecule has 1 saturated heterocycles. The number of carbonyl (C=O) groups excluding carboxylic acids is 2. The van der Waals surface area contributed by atoms with Crippen LogP contribution in [-0.4, -0.2) is 23.9 Å². The Bertz CT molecular complexity index is 542. The summed E-state index contributed by atoms with van der Waals surface area (Å²) in [5.74, 6) is 0.239. The summed E-state index contributed by atoms with van der Waals surface area (Å²) >= 11 is 3.45. The van der Waals surface area contributed by atoms with Gasteiger partial charge in [-0.3, -0.25) is 14.5 Å². The molecule has 100 valence electrons. The summed E-state index contributed by atoms with van der Waals surface area (Å²) in [6.07, 6.45) is 2.05. The van der Waals surface area contributed by atoms with E-state index in [1.165, 1.54) is 0 Å². The Morgan fingerprint density at radius 1 is 1.26 bits per heavy atom. The van der Waals surface area contributed by atoms with Crippen LogP contribution in [0.3, 0.4) is 0 Å². The fourth-order valence-corrected chi connectivity index (χ4v) is 2.99. The van der Waals surface area contributed by atoms with E-state index in [9.17, 15) is 9.59 Å². The Morgan fingerprint density at radius 2 is 1.95 bits per heavy atom. The molecule has 0 radical (unpaired) electrons. The lowest BCUT2D eigenvalue weighted by Crippen LogP contribution is -2.63. The van der Waals surface area contributed by atoms with Crippen molar-refractivity contribution in [3.05, 3.63) is 28.7 Å². The van der Waals surface area contributed by atoms with E-state index in [0.29, 0.717) is 5.92 Å². The molecule has 2 aliphatic rings. The Balaban J connectivity index is 1.99. The number of hydrogen-bond acceptors (Lipinski definition) is 2. The fraction of sp³-hybridized carbons (Fsp3) is 0.429. The highest BCUT2D eigenvalue weighted by Crippen LogP contribution is 2.37. The maximum absolute atomic E-state index is 12.6. The highest BCUT2D eigenvalue weighted by molar-refractivity contribution is 9.10. The van der Waals surface area contributed by atoms with Gasteiger partial charge in [0, 0.05) is 4.47 Å². The van der Waals surface area contributed by atoms with Crippen molar-refractivity contribution < 1.29 is 9.59 Å². The second-order valence-corrected chi connectivity index (χ2v) is 6.01. The molecule has 0 bridgehead atoms. The van der Waals surface area contributed by atoms with Crippen molar-refractivity contribution in [1.29, 1.82) is 0 Å². The van der Waals surface area contributed by atoms with Gasteiger partial charge in [-0.15, -0.1) is 0 Å². The summed E-state index contributed by atoms with van der Waals surface area (Å²) < 4.78 is 0.833. The van der Waals surface area contributed by atoms with E-state index in [4.69, 9.17) is 0 Å². The van der Waals surface area contributed by atoms with Gasteiger partial charge in [0.25, 0.3) is 5.91 Å². The van der Waals surface area contributed by atoms with Gasteiger partial charge in [-0.25, -0.2) is 0 Å². The lowest BCUT2D eigenvalue weighted by molar-refractivity contribution is -0.134. The SMILES string of the molecule is CC1C(=O)NC(C2CC2)C(=O)N1c1ccccc1Br. The van der Waals surface area contributed by atoms with Crippen molar-refractivity contribution in [1.82, 2.24) is 5.32 Å². The number of piperazine rings is 1. The summed E-state index contributed by atoms with van der Waals surface area (Å²) in [7, 11) is 0. The van der Waals surface area contributed by atoms with Crippen molar-refractivity contribution in [3.8, 4) is 0 Å². The molecule has 1 aliphatic carbocycles. The first-order chi connectivity index (χ1) is 9.09. The predicted molar refractivity (Wildman–Crippen MR) is 75.7 cm³/mol. The van der Waals surface area contributed by atoms with Gasteiger partial charge in [-0.05, 0) is 53.7 Å². The van der Waals surface area contributed by atoms with Crippen molar-refractivity contribution >= 4 is 33.4 Å². The molecular formula is C14H15BrN2O2. The molecule has 1 aliphatic heterocycles. The van der Waals surface area contributed by atoms with Gasteiger partial charge in [-0.1, -0.05) is 12.1 Å². The molecule has 1 heterocycles. The average Bonchev–Trinajstić information content (AvgIpc) is 3.20. The van der Waals surface area contributed by atoms with E-state index in [2.05, 4.69) is 21.2 Å². The fourth-order valence-electron chi connectivity index (χ4n) is 2.52. The molecule has 1 aromatic rings. The molecule has 4 nitrogen and oxygen atoms in total. The molecular weight excluding hydrogens is 308 g/mol. The summed E-state index contributed by atoms with van der Waals surface area (Å²) in [4.78, 5) is 26.3. The zero-order valence-electron chi connectivity index (χ0n) is 10.6. The molecule has 2 atom stereocenters. The van der Waals surface area contributed by atoms with Crippen LogP contribution in [0.15, 0.2) is 28.7 Å². The number of anilines is 1. The zero-order chi connectivity index (χ0) is 13.6. The minimum atomic E-state index is -0.471. The van der Waals surface area contributed by atoms with Gasteiger partial charge in [0.15, 0.2) is 0 Å². The van der Waals surface area contributed by atoms with Gasteiger partial charge in [0.2, 0.25) is 5.91 Å². The van der Waals surface area contributed by atoms with Crippen LogP contribution in [0.4, 0.5) is 5.69 Å². The summed E-state index contributed by atoms with van der Waals surface area (Å²) in [5.41, 5.74) is 0.764. The van der Waals surface area contributed by atoms with Crippen molar-refractivity contribution in [3.63, 3.8) is 0 Å². The van der Waals surface area contributed by atoms with Gasteiger partial charge < -0.3 is 5.32 Å². The Hall–Kier alpha value is -1.36. The maximum atomic E-state index is 12.6. The first-order valence-electron chi connectivity index (χ1n) is 6.47. The van der Waals surface area contributed by atoms with Gasteiger partial charge in [0.1, 0.15) is 12.1 Å². The first-order valence-corrected chi connectivity index (χ1v) is 7.27. The van der Waals surface area contributed by atoms with E-state index in [0.717, 1.165) is 23.0 Å². The van der Waals surface area contributed by atoms with Crippen molar-refractivity contribution in [2.24, 2.45) is 5.92 Å².